The summed E-state index contributed by atoms with van der Waals surface area (Å²) in [6, 6.07) is 5.61. The number of nitrogens with one attached hydrogen (secondary N) is 1. The molecule has 0 spiro atoms. The molecule has 0 bridgehead atoms. The number of amides is 1. The molecule has 3 aromatic rings. The maximum absolute atomic E-state index is 11.6. The van der Waals surface area contributed by atoms with Gasteiger partial charge in [0.25, 0.3) is 0 Å². The van der Waals surface area contributed by atoms with Gasteiger partial charge in [-0.05, 0) is 18.2 Å². The normalized spacial score (nSPS) is 11.2. The summed E-state index contributed by atoms with van der Waals surface area (Å²) in [7, 11) is 1.73. The standard InChI is InChI=1S/C14H12ClN3O.C2HF3O2/c1-8(19)18(2)13-6-9(15)5-11-10-3-4-16-7-12(10)17-14(11)13;3-2(4,5)1(6)7/h3-7,17H,1-2H3;(H,6,7). The van der Waals surface area contributed by atoms with Gasteiger partial charge in [-0.1, -0.05) is 11.6 Å². The number of carboxylic acids is 1. The van der Waals surface area contributed by atoms with Gasteiger partial charge < -0.3 is 15.0 Å². The Hall–Kier alpha value is -2.81. The topological polar surface area (TPSA) is 86.3 Å². The number of carbonyl (C=O) groups excluding carboxylic acids is 1. The fraction of sp³-hybridized carbons (Fsp3) is 0.188. The highest BCUT2D eigenvalue weighted by molar-refractivity contribution is 6.33. The van der Waals surface area contributed by atoms with Gasteiger partial charge in [-0.2, -0.15) is 13.2 Å². The van der Waals surface area contributed by atoms with Crippen LogP contribution in [0.3, 0.4) is 0 Å². The second-order valence-corrected chi connectivity index (χ2v) is 5.71. The lowest BCUT2D eigenvalue weighted by Gasteiger charge is -2.16. The van der Waals surface area contributed by atoms with Crippen LogP contribution in [-0.2, 0) is 9.59 Å². The molecule has 0 fully saturated rings. The number of benzene rings is 1. The molecule has 2 aromatic heterocycles. The summed E-state index contributed by atoms with van der Waals surface area (Å²) < 4.78 is 31.7. The van der Waals surface area contributed by atoms with Gasteiger partial charge in [0, 0.05) is 36.0 Å². The quantitative estimate of drug-likeness (QED) is 0.661. The van der Waals surface area contributed by atoms with Crippen molar-refractivity contribution in [2.45, 2.75) is 13.1 Å². The van der Waals surface area contributed by atoms with E-state index in [-0.39, 0.29) is 5.91 Å². The van der Waals surface area contributed by atoms with Crippen molar-refractivity contribution in [1.29, 1.82) is 0 Å². The molecule has 0 saturated heterocycles. The Labute approximate surface area is 150 Å². The first-order valence-electron chi connectivity index (χ1n) is 7.11. The Kier molecular flexibility index (Phi) is 5.41. The Bertz CT molecular complexity index is 985. The number of pyridine rings is 1. The Balaban J connectivity index is 0.000000298. The van der Waals surface area contributed by atoms with E-state index in [1.807, 2.05) is 12.1 Å². The van der Waals surface area contributed by atoms with Gasteiger partial charge in [-0.3, -0.25) is 9.78 Å². The van der Waals surface area contributed by atoms with E-state index in [4.69, 9.17) is 21.5 Å². The van der Waals surface area contributed by atoms with Crippen molar-refractivity contribution in [2.24, 2.45) is 0 Å². The fourth-order valence-electron chi connectivity index (χ4n) is 2.23. The molecule has 0 atom stereocenters. The number of alkyl halides is 3. The number of halogens is 4. The molecular weight excluding hydrogens is 375 g/mol. The Morgan fingerprint density at radius 1 is 1.27 bits per heavy atom. The average Bonchev–Trinajstić information content (AvgIpc) is 2.91. The average molecular weight is 388 g/mol. The maximum atomic E-state index is 11.6. The third-order valence-electron chi connectivity index (χ3n) is 3.53. The Morgan fingerprint density at radius 2 is 1.88 bits per heavy atom. The molecule has 0 aliphatic rings. The van der Waals surface area contributed by atoms with Crippen LogP contribution in [-0.4, -0.2) is 40.2 Å². The van der Waals surface area contributed by atoms with Gasteiger partial charge in [0.1, 0.15) is 0 Å². The fourth-order valence-corrected chi connectivity index (χ4v) is 2.45. The molecule has 0 aliphatic carbocycles. The van der Waals surface area contributed by atoms with E-state index in [1.54, 1.807) is 30.4 Å². The highest BCUT2D eigenvalue weighted by Gasteiger charge is 2.38. The van der Waals surface area contributed by atoms with Crippen LogP contribution in [0.5, 0.6) is 0 Å². The lowest BCUT2D eigenvalue weighted by atomic mass is 10.1. The summed E-state index contributed by atoms with van der Waals surface area (Å²) in [5, 5.41) is 9.77. The molecule has 1 aromatic carbocycles. The zero-order valence-electron chi connectivity index (χ0n) is 13.6. The number of rotatable bonds is 1. The summed E-state index contributed by atoms with van der Waals surface area (Å²) >= 11 is 6.16. The second-order valence-electron chi connectivity index (χ2n) is 5.27. The van der Waals surface area contributed by atoms with Gasteiger partial charge in [-0.15, -0.1) is 0 Å². The van der Waals surface area contributed by atoms with Crippen molar-refractivity contribution in [3.63, 3.8) is 0 Å². The number of carboxylic acid groups (broad SMARTS) is 1. The number of aromatic amines is 1. The third-order valence-corrected chi connectivity index (χ3v) is 3.75. The van der Waals surface area contributed by atoms with E-state index in [9.17, 15) is 18.0 Å². The van der Waals surface area contributed by atoms with Crippen LogP contribution in [0.1, 0.15) is 6.92 Å². The number of fused-ring (bicyclic) bond motifs is 3. The monoisotopic (exact) mass is 387 g/mol. The van der Waals surface area contributed by atoms with Crippen molar-refractivity contribution in [3.05, 3.63) is 35.6 Å². The predicted octanol–water partition coefficient (Wildman–Crippen LogP) is 3.99. The minimum atomic E-state index is -5.08. The van der Waals surface area contributed by atoms with Crippen LogP contribution in [0.15, 0.2) is 30.6 Å². The van der Waals surface area contributed by atoms with Crippen molar-refractivity contribution >= 4 is 51.0 Å². The second kappa shape index (κ2) is 7.20. The van der Waals surface area contributed by atoms with Gasteiger partial charge in [0.2, 0.25) is 5.91 Å². The minimum Gasteiger partial charge on any atom is -0.475 e. The number of hydrogen-bond donors (Lipinski definition) is 2. The zero-order valence-corrected chi connectivity index (χ0v) is 14.3. The first-order chi connectivity index (χ1) is 12.0. The van der Waals surface area contributed by atoms with Gasteiger partial charge in [0.05, 0.1) is 22.9 Å². The van der Waals surface area contributed by atoms with Crippen LogP contribution >= 0.6 is 11.6 Å². The van der Waals surface area contributed by atoms with Crippen LogP contribution in [0, 0.1) is 0 Å². The summed E-state index contributed by atoms with van der Waals surface area (Å²) in [5.74, 6) is -2.80. The number of nitrogens with zero attached hydrogens (tertiary/aromatic N) is 2. The molecule has 0 unspecified atom stereocenters. The van der Waals surface area contributed by atoms with E-state index in [2.05, 4.69) is 9.97 Å². The summed E-state index contributed by atoms with van der Waals surface area (Å²) in [6.07, 6.45) is -1.58. The highest BCUT2D eigenvalue weighted by atomic mass is 35.5. The van der Waals surface area contributed by atoms with Gasteiger partial charge >= 0.3 is 12.1 Å². The van der Waals surface area contributed by atoms with E-state index >= 15 is 0 Å². The summed E-state index contributed by atoms with van der Waals surface area (Å²) in [4.78, 5) is 29.4. The third kappa shape index (κ3) is 4.05. The Morgan fingerprint density at radius 3 is 2.42 bits per heavy atom. The lowest BCUT2D eigenvalue weighted by Crippen LogP contribution is -2.23. The van der Waals surface area contributed by atoms with E-state index in [0.717, 1.165) is 27.5 Å². The van der Waals surface area contributed by atoms with Gasteiger partial charge in [-0.25, -0.2) is 4.79 Å². The minimum absolute atomic E-state index is 0.0413. The first-order valence-corrected chi connectivity index (χ1v) is 7.49. The number of H-pyrrole nitrogens is 1. The van der Waals surface area contributed by atoms with Crippen molar-refractivity contribution in [1.82, 2.24) is 9.97 Å². The largest absolute Gasteiger partial charge is 0.490 e. The van der Waals surface area contributed by atoms with E-state index in [0.29, 0.717) is 5.02 Å². The van der Waals surface area contributed by atoms with Crippen molar-refractivity contribution < 1.29 is 27.9 Å². The molecule has 0 radical (unpaired) electrons. The van der Waals surface area contributed by atoms with Crippen molar-refractivity contribution in [2.75, 3.05) is 11.9 Å². The highest BCUT2D eigenvalue weighted by Crippen LogP contribution is 2.34. The van der Waals surface area contributed by atoms with Crippen molar-refractivity contribution in [3.8, 4) is 0 Å². The predicted molar refractivity (Wildman–Crippen MR) is 91.4 cm³/mol. The van der Waals surface area contributed by atoms with Crippen LogP contribution in [0.4, 0.5) is 18.9 Å². The van der Waals surface area contributed by atoms with E-state index in [1.165, 1.54) is 6.92 Å². The molecule has 1 amide bonds. The number of anilines is 1. The molecule has 10 heteroatoms. The molecule has 0 saturated carbocycles. The SMILES string of the molecule is CC(=O)N(C)c1cc(Cl)cc2c1[nH]c1cnccc12.O=C(O)C(F)(F)F. The van der Waals surface area contributed by atoms with Crippen LogP contribution in [0.2, 0.25) is 5.02 Å². The number of aliphatic carboxylic acids is 1. The molecule has 2 N–H and O–H groups in total. The maximum Gasteiger partial charge on any atom is 0.490 e. The smallest absolute Gasteiger partial charge is 0.475 e. The molecule has 3 rings (SSSR count). The molecule has 138 valence electrons. The molecule has 2 heterocycles. The molecule has 26 heavy (non-hydrogen) atoms. The van der Waals surface area contributed by atoms with Crippen LogP contribution < -0.4 is 4.90 Å². The lowest BCUT2D eigenvalue weighted by molar-refractivity contribution is -0.192. The molecule has 6 nitrogen and oxygen atoms in total. The van der Waals surface area contributed by atoms with Crippen LogP contribution in [0.25, 0.3) is 21.8 Å². The van der Waals surface area contributed by atoms with Gasteiger partial charge in [0.15, 0.2) is 0 Å². The number of aromatic nitrogens is 2. The number of hydrogen-bond acceptors (Lipinski definition) is 3. The molecule has 0 aliphatic heterocycles. The summed E-state index contributed by atoms with van der Waals surface area (Å²) in [6.45, 7) is 1.52. The zero-order chi connectivity index (χ0) is 19.6. The number of carbonyl (C=O) groups is 2. The first kappa shape index (κ1) is 19.5. The molecular formula is C16H13ClF3N3O3. The van der Waals surface area contributed by atoms with E-state index < -0.39 is 12.1 Å². The summed E-state index contributed by atoms with van der Waals surface area (Å²) in [5.41, 5.74) is 2.59.